The molecule has 15 heavy (non-hydrogen) atoms. The minimum atomic E-state index is 0.898. The number of rotatable bonds is 2. The van der Waals surface area contributed by atoms with E-state index in [0.29, 0.717) is 0 Å². The molecule has 3 nitrogen and oxygen atoms in total. The minimum absolute atomic E-state index is 0.898. The zero-order chi connectivity index (χ0) is 10.8. The van der Waals surface area contributed by atoms with Crippen molar-refractivity contribution in [1.29, 1.82) is 0 Å². The molecule has 1 heterocycles. The number of aryl methyl sites for hydroxylation is 1. The molecule has 2 rings (SSSR count). The maximum absolute atomic E-state index is 4.79. The van der Waals surface area contributed by atoms with E-state index in [4.69, 9.17) is 4.84 Å². The van der Waals surface area contributed by atoms with Crippen molar-refractivity contribution in [2.75, 3.05) is 7.11 Å². The SMILES string of the molecule is CO/N=C(/C)c1cn(C)c2ccccc12. The minimum Gasteiger partial charge on any atom is -0.399 e. The third kappa shape index (κ3) is 1.61. The summed E-state index contributed by atoms with van der Waals surface area (Å²) in [5, 5.41) is 5.17. The molecule has 0 spiro atoms. The summed E-state index contributed by atoms with van der Waals surface area (Å²) >= 11 is 0. The Hall–Kier alpha value is -1.77. The molecule has 0 aliphatic carbocycles. The van der Waals surface area contributed by atoms with Crippen molar-refractivity contribution in [3.05, 3.63) is 36.0 Å². The molecule has 78 valence electrons. The van der Waals surface area contributed by atoms with Crippen LogP contribution in [0.15, 0.2) is 35.6 Å². The Bertz CT molecular complexity index is 511. The van der Waals surface area contributed by atoms with Crippen LogP contribution in [0.25, 0.3) is 10.9 Å². The van der Waals surface area contributed by atoms with Gasteiger partial charge in [-0.05, 0) is 13.0 Å². The summed E-state index contributed by atoms with van der Waals surface area (Å²) in [6.07, 6.45) is 2.07. The van der Waals surface area contributed by atoms with Crippen LogP contribution in [-0.2, 0) is 11.9 Å². The predicted molar refractivity (Wildman–Crippen MR) is 62.1 cm³/mol. The lowest BCUT2D eigenvalue weighted by atomic mass is 10.1. The van der Waals surface area contributed by atoms with Crippen molar-refractivity contribution in [2.24, 2.45) is 12.2 Å². The molecule has 2 aromatic rings. The summed E-state index contributed by atoms with van der Waals surface area (Å²) in [7, 11) is 3.60. The lowest BCUT2D eigenvalue weighted by Gasteiger charge is -1.96. The Kier molecular flexibility index (Phi) is 2.46. The lowest BCUT2D eigenvalue weighted by Crippen LogP contribution is -1.93. The van der Waals surface area contributed by atoms with Crippen LogP contribution in [-0.4, -0.2) is 17.4 Å². The second-order valence-corrected chi connectivity index (χ2v) is 3.53. The summed E-state index contributed by atoms with van der Waals surface area (Å²) in [6, 6.07) is 8.26. The quantitative estimate of drug-likeness (QED) is 0.543. The summed E-state index contributed by atoms with van der Waals surface area (Å²) < 4.78 is 2.10. The highest BCUT2D eigenvalue weighted by atomic mass is 16.6. The average Bonchev–Trinajstić information content (AvgIpc) is 2.58. The molecule has 0 unspecified atom stereocenters. The number of nitrogens with zero attached hydrogens (tertiary/aromatic N) is 2. The van der Waals surface area contributed by atoms with Gasteiger partial charge in [-0.1, -0.05) is 23.4 Å². The van der Waals surface area contributed by atoms with Gasteiger partial charge in [-0.15, -0.1) is 0 Å². The first-order chi connectivity index (χ1) is 7.24. The molecule has 0 aliphatic heterocycles. The van der Waals surface area contributed by atoms with E-state index in [9.17, 15) is 0 Å². The number of aromatic nitrogens is 1. The van der Waals surface area contributed by atoms with E-state index in [-0.39, 0.29) is 0 Å². The van der Waals surface area contributed by atoms with Crippen LogP contribution in [0.4, 0.5) is 0 Å². The fourth-order valence-electron chi connectivity index (χ4n) is 1.82. The van der Waals surface area contributed by atoms with Crippen molar-refractivity contribution in [2.45, 2.75) is 6.92 Å². The Labute approximate surface area is 89.0 Å². The van der Waals surface area contributed by atoms with Gasteiger partial charge in [-0.25, -0.2) is 0 Å². The van der Waals surface area contributed by atoms with Gasteiger partial charge in [0.05, 0.1) is 5.71 Å². The van der Waals surface area contributed by atoms with Gasteiger partial charge >= 0.3 is 0 Å². The van der Waals surface area contributed by atoms with E-state index < -0.39 is 0 Å². The van der Waals surface area contributed by atoms with E-state index in [0.717, 1.165) is 11.3 Å². The van der Waals surface area contributed by atoms with E-state index in [2.05, 4.69) is 28.1 Å². The number of fused-ring (bicyclic) bond motifs is 1. The molecule has 3 heteroatoms. The number of para-hydroxylation sites is 1. The van der Waals surface area contributed by atoms with Crippen molar-refractivity contribution in [3.8, 4) is 0 Å². The molecule has 1 aromatic carbocycles. The first-order valence-corrected chi connectivity index (χ1v) is 4.86. The van der Waals surface area contributed by atoms with Crippen LogP contribution >= 0.6 is 0 Å². The van der Waals surface area contributed by atoms with E-state index in [1.54, 1.807) is 7.11 Å². The Morgan fingerprint density at radius 2 is 2.07 bits per heavy atom. The second-order valence-electron chi connectivity index (χ2n) is 3.53. The molecule has 0 fully saturated rings. The van der Waals surface area contributed by atoms with Crippen molar-refractivity contribution in [1.82, 2.24) is 4.57 Å². The summed E-state index contributed by atoms with van der Waals surface area (Å²) in [5.41, 5.74) is 3.22. The summed E-state index contributed by atoms with van der Waals surface area (Å²) in [4.78, 5) is 4.79. The molecule has 0 atom stereocenters. The molecule has 0 amide bonds. The van der Waals surface area contributed by atoms with Gasteiger partial charge in [0, 0.05) is 29.7 Å². The molecule has 1 aromatic heterocycles. The van der Waals surface area contributed by atoms with Crippen LogP contribution in [0.2, 0.25) is 0 Å². The van der Waals surface area contributed by atoms with Crippen LogP contribution in [0, 0.1) is 0 Å². The smallest absolute Gasteiger partial charge is 0.106 e. The monoisotopic (exact) mass is 202 g/mol. The highest BCUT2D eigenvalue weighted by Gasteiger charge is 2.08. The molecular weight excluding hydrogens is 188 g/mol. The van der Waals surface area contributed by atoms with E-state index in [1.807, 2.05) is 26.1 Å². The molecule has 0 N–H and O–H groups in total. The van der Waals surface area contributed by atoms with Gasteiger partial charge < -0.3 is 9.40 Å². The maximum atomic E-state index is 4.79. The zero-order valence-electron chi connectivity index (χ0n) is 9.19. The summed E-state index contributed by atoms with van der Waals surface area (Å²) in [5.74, 6) is 0. The first-order valence-electron chi connectivity index (χ1n) is 4.86. The molecule has 0 saturated heterocycles. The Balaban J connectivity index is 2.67. The highest BCUT2D eigenvalue weighted by Crippen LogP contribution is 2.20. The van der Waals surface area contributed by atoms with Crippen LogP contribution in [0.5, 0.6) is 0 Å². The van der Waals surface area contributed by atoms with Gasteiger partial charge in [0.1, 0.15) is 7.11 Å². The van der Waals surface area contributed by atoms with Crippen LogP contribution in [0.3, 0.4) is 0 Å². The standard InChI is InChI=1S/C12H14N2O/c1-9(13-15-3)11-8-14(2)12-7-5-4-6-10(11)12/h4-8H,1-3H3/b13-9-. The van der Waals surface area contributed by atoms with E-state index >= 15 is 0 Å². The Morgan fingerprint density at radius 3 is 2.80 bits per heavy atom. The predicted octanol–water partition coefficient (Wildman–Crippen LogP) is 2.55. The normalized spacial score (nSPS) is 12.1. The largest absolute Gasteiger partial charge is 0.399 e. The third-order valence-corrected chi connectivity index (χ3v) is 2.51. The van der Waals surface area contributed by atoms with Crippen molar-refractivity contribution < 1.29 is 4.84 Å². The molecule has 0 bridgehead atoms. The topological polar surface area (TPSA) is 26.5 Å². The summed E-state index contributed by atoms with van der Waals surface area (Å²) in [6.45, 7) is 1.95. The van der Waals surface area contributed by atoms with Gasteiger partial charge in [0.15, 0.2) is 0 Å². The number of oxime groups is 1. The average molecular weight is 202 g/mol. The zero-order valence-corrected chi connectivity index (χ0v) is 9.19. The highest BCUT2D eigenvalue weighted by molar-refractivity contribution is 6.09. The fraction of sp³-hybridized carbons (Fsp3) is 0.250. The number of benzene rings is 1. The number of hydrogen-bond acceptors (Lipinski definition) is 2. The van der Waals surface area contributed by atoms with Crippen LogP contribution < -0.4 is 0 Å². The van der Waals surface area contributed by atoms with Crippen molar-refractivity contribution in [3.63, 3.8) is 0 Å². The van der Waals surface area contributed by atoms with Gasteiger partial charge in [-0.2, -0.15) is 0 Å². The molecule has 0 radical (unpaired) electrons. The molecule has 0 saturated carbocycles. The third-order valence-electron chi connectivity index (χ3n) is 2.51. The van der Waals surface area contributed by atoms with Crippen molar-refractivity contribution >= 4 is 16.6 Å². The van der Waals surface area contributed by atoms with Crippen LogP contribution in [0.1, 0.15) is 12.5 Å². The van der Waals surface area contributed by atoms with Gasteiger partial charge in [0.25, 0.3) is 0 Å². The van der Waals surface area contributed by atoms with Gasteiger partial charge in [-0.3, -0.25) is 0 Å². The Morgan fingerprint density at radius 1 is 1.33 bits per heavy atom. The number of hydrogen-bond donors (Lipinski definition) is 0. The molecule has 0 aliphatic rings. The molecular formula is C12H14N2O. The van der Waals surface area contributed by atoms with Gasteiger partial charge in [0.2, 0.25) is 0 Å². The lowest BCUT2D eigenvalue weighted by molar-refractivity contribution is 0.213. The maximum Gasteiger partial charge on any atom is 0.106 e. The fourth-order valence-corrected chi connectivity index (χ4v) is 1.82. The van der Waals surface area contributed by atoms with E-state index in [1.165, 1.54) is 10.9 Å². The second kappa shape index (κ2) is 3.77. The first kappa shape index (κ1) is 9.77.